The van der Waals surface area contributed by atoms with E-state index < -0.39 is 5.82 Å². The van der Waals surface area contributed by atoms with Gasteiger partial charge in [-0.05, 0) is 56.7 Å². The maximum Gasteiger partial charge on any atom is 0.215 e. The van der Waals surface area contributed by atoms with E-state index >= 15 is 0 Å². The molecule has 3 aromatic heterocycles. The van der Waals surface area contributed by atoms with E-state index in [1.54, 1.807) is 31.3 Å². The summed E-state index contributed by atoms with van der Waals surface area (Å²) in [6.07, 6.45) is 2.81. The maximum atomic E-state index is 14.3. The number of piperazine rings is 1. The highest BCUT2D eigenvalue weighted by Gasteiger charge is 2.49. The van der Waals surface area contributed by atoms with E-state index in [0.717, 1.165) is 47.9 Å². The molecule has 5 aromatic rings. The molecule has 0 unspecified atom stereocenters. The number of pyridine rings is 1. The second kappa shape index (κ2) is 11.7. The first-order valence-corrected chi connectivity index (χ1v) is 15.1. The third kappa shape index (κ3) is 5.62. The summed E-state index contributed by atoms with van der Waals surface area (Å²) < 4.78 is 24.2. The Balaban J connectivity index is 1.07. The number of carbonyl (C=O) groups excluding carboxylic acids is 1. The summed E-state index contributed by atoms with van der Waals surface area (Å²) in [7, 11) is 0. The van der Waals surface area contributed by atoms with Gasteiger partial charge in [0.05, 0.1) is 47.6 Å². The number of fused-ring (bicyclic) bond motifs is 2. The Morgan fingerprint density at radius 2 is 1.98 bits per heavy atom. The molecule has 2 fully saturated rings. The van der Waals surface area contributed by atoms with Crippen LogP contribution >= 0.6 is 0 Å². The Bertz CT molecular complexity index is 1940. The summed E-state index contributed by atoms with van der Waals surface area (Å²) in [4.78, 5) is 26.8. The fraction of sp³-hybridized carbons (Fsp3) is 0.333. The van der Waals surface area contributed by atoms with Crippen molar-refractivity contribution in [2.75, 3.05) is 18.0 Å². The smallest absolute Gasteiger partial charge is 0.215 e. The molecule has 12 heteroatoms. The van der Waals surface area contributed by atoms with E-state index in [0.29, 0.717) is 48.7 Å². The maximum absolute atomic E-state index is 14.3. The van der Waals surface area contributed by atoms with Crippen molar-refractivity contribution in [1.29, 1.82) is 5.26 Å². The number of carbonyl (C=O) groups is 1. The second-order valence-corrected chi connectivity index (χ2v) is 11.5. The van der Waals surface area contributed by atoms with Crippen molar-refractivity contribution in [2.45, 2.75) is 58.6 Å². The van der Waals surface area contributed by atoms with Crippen LogP contribution in [0.1, 0.15) is 53.3 Å². The second-order valence-electron chi connectivity index (χ2n) is 11.5. The van der Waals surface area contributed by atoms with E-state index in [1.807, 2.05) is 48.0 Å². The summed E-state index contributed by atoms with van der Waals surface area (Å²) in [5.74, 6) is 1.76. The number of ketones is 1. The number of Topliss-reactive ketones (excluding diaryl/α,β-unsaturated/α-hetero) is 1. The first-order chi connectivity index (χ1) is 21.9. The summed E-state index contributed by atoms with van der Waals surface area (Å²) in [5.41, 5.74) is 4.07. The number of hydrogen-bond donors (Lipinski definition) is 0. The normalized spacial score (nSPS) is 17.7. The van der Waals surface area contributed by atoms with Gasteiger partial charge in [0.15, 0.2) is 5.78 Å². The molecule has 11 nitrogen and oxygen atoms in total. The highest BCUT2D eigenvalue weighted by molar-refractivity contribution is 5.97. The molecule has 2 aliphatic rings. The zero-order chi connectivity index (χ0) is 31.1. The zero-order valence-electron chi connectivity index (χ0n) is 25.1. The van der Waals surface area contributed by atoms with Crippen molar-refractivity contribution in [3.63, 3.8) is 0 Å². The summed E-state index contributed by atoms with van der Waals surface area (Å²) in [6.45, 7) is 7.23. The van der Waals surface area contributed by atoms with E-state index in [2.05, 4.69) is 24.7 Å². The van der Waals surface area contributed by atoms with Gasteiger partial charge in [0.1, 0.15) is 24.1 Å². The number of aryl methyl sites for hydroxylation is 1. The number of halogens is 1. The highest BCUT2D eigenvalue weighted by atomic mass is 19.1. The molecule has 45 heavy (non-hydrogen) atoms. The number of aromatic nitrogens is 6. The minimum atomic E-state index is -0.470. The lowest BCUT2D eigenvalue weighted by Crippen LogP contribution is -2.46. The first kappa shape index (κ1) is 28.6. The largest absolute Gasteiger partial charge is 0.473 e. The van der Waals surface area contributed by atoms with Gasteiger partial charge in [-0.2, -0.15) is 10.2 Å². The third-order valence-corrected chi connectivity index (χ3v) is 8.68. The molecule has 4 heterocycles. The Kier molecular flexibility index (Phi) is 7.47. The summed E-state index contributed by atoms with van der Waals surface area (Å²) in [5, 5.41) is 17.3. The molecule has 1 saturated carbocycles. The minimum Gasteiger partial charge on any atom is -0.473 e. The van der Waals surface area contributed by atoms with Gasteiger partial charge in [-0.15, -0.1) is 5.10 Å². The highest BCUT2D eigenvalue weighted by Crippen LogP contribution is 2.40. The molecule has 0 amide bonds. The number of imidazole rings is 1. The molecule has 2 atom stereocenters. The van der Waals surface area contributed by atoms with Crippen LogP contribution in [0.25, 0.3) is 11.0 Å². The number of nitrogens with zero attached hydrogens (tertiary/aromatic N) is 9. The van der Waals surface area contributed by atoms with Crippen LogP contribution in [0.5, 0.6) is 5.88 Å². The fourth-order valence-electron chi connectivity index (χ4n) is 6.17. The molecule has 1 saturated heterocycles. The molecule has 1 aliphatic heterocycles. The van der Waals surface area contributed by atoms with E-state index in [1.165, 1.54) is 6.07 Å². The van der Waals surface area contributed by atoms with Crippen molar-refractivity contribution < 1.29 is 13.9 Å². The van der Waals surface area contributed by atoms with Gasteiger partial charge < -0.3 is 14.2 Å². The number of nitriles is 1. The SMILES string of the molecule is CCn1nncc1Cn1c(CN2CCN(c3cccc(OCc4ccc(C#N)cc4F)n3)[C@H]3C[C@H]32)nc2ccc(C(C)=O)cc21. The standard InChI is InChI=1S/C33H32FN9O2/c1-3-43-25(17-36-39-43)18-42-28-14-23(21(2)44)9-10-27(28)37-32(42)19-40-11-12-41(30-15-29(30)40)31-5-4-6-33(38-31)45-20-24-8-7-22(16-35)13-26(24)34/h4-10,13-14,17,29-30H,3,11-12,15,18-20H2,1-2H3/t29-,30+/m1/s1. The number of benzene rings is 2. The lowest BCUT2D eigenvalue weighted by atomic mass is 10.1. The van der Waals surface area contributed by atoms with Crippen molar-refractivity contribution >= 4 is 22.6 Å². The molecule has 0 bridgehead atoms. The van der Waals surface area contributed by atoms with Crippen LogP contribution < -0.4 is 9.64 Å². The predicted molar refractivity (Wildman–Crippen MR) is 164 cm³/mol. The summed E-state index contributed by atoms with van der Waals surface area (Å²) >= 11 is 0. The zero-order valence-corrected chi connectivity index (χ0v) is 25.1. The molecule has 228 valence electrons. The van der Waals surface area contributed by atoms with Crippen molar-refractivity contribution in [3.8, 4) is 11.9 Å². The fourth-order valence-corrected chi connectivity index (χ4v) is 6.17. The molecule has 2 aromatic carbocycles. The van der Waals surface area contributed by atoms with Gasteiger partial charge in [0.25, 0.3) is 0 Å². The quantitative estimate of drug-likeness (QED) is 0.214. The van der Waals surface area contributed by atoms with Crippen molar-refractivity contribution in [3.05, 3.63) is 94.8 Å². The van der Waals surface area contributed by atoms with Crippen molar-refractivity contribution in [2.24, 2.45) is 0 Å². The van der Waals surface area contributed by atoms with Gasteiger partial charge in [0, 0.05) is 48.9 Å². The topological polar surface area (TPSA) is 118 Å². The van der Waals surface area contributed by atoms with Crippen LogP contribution in [0.3, 0.4) is 0 Å². The van der Waals surface area contributed by atoms with Gasteiger partial charge in [-0.1, -0.05) is 17.3 Å². The Morgan fingerprint density at radius 3 is 2.78 bits per heavy atom. The minimum absolute atomic E-state index is 0.0212. The number of anilines is 1. The molecular weight excluding hydrogens is 573 g/mol. The number of rotatable bonds is 10. The third-order valence-electron chi connectivity index (χ3n) is 8.68. The monoisotopic (exact) mass is 605 g/mol. The summed E-state index contributed by atoms with van der Waals surface area (Å²) in [6, 6.07) is 18.3. The Labute approximate surface area is 259 Å². The molecule has 0 radical (unpaired) electrons. The molecule has 0 N–H and O–H groups in total. The van der Waals surface area contributed by atoms with Crippen molar-refractivity contribution in [1.82, 2.24) is 34.4 Å². The van der Waals surface area contributed by atoms with E-state index in [4.69, 9.17) is 20.0 Å². The molecular formula is C33H32FN9O2. The van der Waals surface area contributed by atoms with Gasteiger partial charge in [-0.3, -0.25) is 9.69 Å². The van der Waals surface area contributed by atoms with Crippen LogP contribution in [-0.4, -0.2) is 65.4 Å². The number of ether oxygens (including phenoxy) is 1. The van der Waals surface area contributed by atoms with Crippen LogP contribution in [-0.2, 0) is 26.2 Å². The lowest BCUT2D eigenvalue weighted by Gasteiger charge is -2.34. The first-order valence-electron chi connectivity index (χ1n) is 15.1. The van der Waals surface area contributed by atoms with Crippen LogP contribution in [0.4, 0.5) is 10.2 Å². The number of hydrogen-bond acceptors (Lipinski definition) is 9. The van der Waals surface area contributed by atoms with Gasteiger partial charge in [0.2, 0.25) is 5.88 Å². The Morgan fingerprint density at radius 1 is 1.09 bits per heavy atom. The Hall–Kier alpha value is -5.15. The molecule has 7 rings (SSSR count). The lowest BCUT2D eigenvalue weighted by molar-refractivity contribution is 0.101. The molecule has 1 aliphatic carbocycles. The average molecular weight is 606 g/mol. The van der Waals surface area contributed by atoms with E-state index in [9.17, 15) is 9.18 Å². The van der Waals surface area contributed by atoms with E-state index in [-0.39, 0.29) is 18.0 Å². The van der Waals surface area contributed by atoms with Crippen LogP contribution in [0, 0.1) is 17.1 Å². The molecule has 0 spiro atoms. The van der Waals surface area contributed by atoms with Crippen LogP contribution in [0.15, 0.2) is 60.8 Å². The van der Waals surface area contributed by atoms with Gasteiger partial charge >= 0.3 is 0 Å². The predicted octanol–water partition coefficient (Wildman–Crippen LogP) is 4.35. The average Bonchev–Trinajstić information content (AvgIpc) is 3.62. The van der Waals surface area contributed by atoms with Gasteiger partial charge in [-0.25, -0.2) is 14.1 Å². The van der Waals surface area contributed by atoms with Crippen LogP contribution in [0.2, 0.25) is 0 Å².